The Morgan fingerprint density at radius 1 is 1.27 bits per heavy atom. The molecule has 1 aromatic rings. The molecule has 1 saturated heterocycles. The van der Waals surface area contributed by atoms with E-state index in [0.717, 1.165) is 13.0 Å². The summed E-state index contributed by atoms with van der Waals surface area (Å²) in [4.78, 5) is 0.184. The molecule has 0 aliphatic carbocycles. The normalized spacial score (nSPS) is 21.8. The van der Waals surface area contributed by atoms with Crippen LogP contribution < -0.4 is 5.32 Å². The summed E-state index contributed by atoms with van der Waals surface area (Å²) in [6, 6.07) is 4.96. The number of rotatable bonds is 2. The zero-order valence-corrected chi connectivity index (χ0v) is 8.93. The van der Waals surface area contributed by atoms with Gasteiger partial charge in [-0.05, 0) is 43.7 Å². The van der Waals surface area contributed by atoms with Crippen molar-refractivity contribution in [2.24, 2.45) is 0 Å². The van der Waals surface area contributed by atoms with Gasteiger partial charge in [0.05, 0.1) is 4.90 Å². The van der Waals surface area contributed by atoms with Crippen LogP contribution in [0.5, 0.6) is 0 Å². The Morgan fingerprint density at radius 2 is 1.93 bits per heavy atom. The smallest absolute Gasteiger partial charge is 0.194 e. The first-order valence-corrected chi connectivity index (χ1v) is 6.38. The van der Waals surface area contributed by atoms with Crippen molar-refractivity contribution in [1.29, 1.82) is 0 Å². The van der Waals surface area contributed by atoms with Gasteiger partial charge in [0.1, 0.15) is 11.2 Å². The second kappa shape index (κ2) is 3.90. The average molecular weight is 229 g/mol. The van der Waals surface area contributed by atoms with E-state index in [9.17, 15) is 12.8 Å². The molecule has 1 aromatic carbocycles. The SMILES string of the molecule is O=S(=O)(c1ccc(F)cc1)C1CCCN1. The highest BCUT2D eigenvalue weighted by atomic mass is 32.2. The summed E-state index contributed by atoms with van der Waals surface area (Å²) in [6.45, 7) is 0.727. The molecule has 1 aliphatic rings. The first-order chi connectivity index (χ1) is 7.10. The lowest BCUT2D eigenvalue weighted by Gasteiger charge is -2.11. The van der Waals surface area contributed by atoms with Gasteiger partial charge in [-0.1, -0.05) is 0 Å². The molecule has 0 radical (unpaired) electrons. The fraction of sp³-hybridized carbons (Fsp3) is 0.400. The van der Waals surface area contributed by atoms with Crippen LogP contribution in [0.3, 0.4) is 0 Å². The molecule has 82 valence electrons. The van der Waals surface area contributed by atoms with Gasteiger partial charge < -0.3 is 5.32 Å². The van der Waals surface area contributed by atoms with E-state index >= 15 is 0 Å². The molecule has 1 heterocycles. The van der Waals surface area contributed by atoms with Gasteiger partial charge in [0, 0.05) is 0 Å². The van der Waals surface area contributed by atoms with E-state index in [4.69, 9.17) is 0 Å². The fourth-order valence-corrected chi connectivity index (χ4v) is 3.36. The zero-order chi connectivity index (χ0) is 10.9. The Kier molecular flexibility index (Phi) is 2.75. The Bertz CT molecular complexity index is 435. The van der Waals surface area contributed by atoms with Crippen LogP contribution in [-0.2, 0) is 9.84 Å². The van der Waals surface area contributed by atoms with E-state index in [1.807, 2.05) is 0 Å². The van der Waals surface area contributed by atoms with Crippen LogP contribution in [0.25, 0.3) is 0 Å². The number of hydrogen-bond donors (Lipinski definition) is 1. The molecule has 0 bridgehead atoms. The van der Waals surface area contributed by atoms with Crippen LogP contribution in [0.4, 0.5) is 4.39 Å². The summed E-state index contributed by atoms with van der Waals surface area (Å²) < 4.78 is 36.6. The maximum atomic E-state index is 12.6. The molecule has 5 heteroatoms. The Labute approximate surface area is 88.2 Å². The zero-order valence-electron chi connectivity index (χ0n) is 8.11. The van der Waals surface area contributed by atoms with Gasteiger partial charge in [0.15, 0.2) is 9.84 Å². The third-order valence-corrected chi connectivity index (χ3v) is 4.61. The van der Waals surface area contributed by atoms with Crippen molar-refractivity contribution >= 4 is 9.84 Å². The predicted octanol–water partition coefficient (Wildman–Crippen LogP) is 1.31. The highest BCUT2D eigenvalue weighted by Gasteiger charge is 2.29. The monoisotopic (exact) mass is 229 g/mol. The summed E-state index contributed by atoms with van der Waals surface area (Å²) in [5.41, 5.74) is 0. The van der Waals surface area contributed by atoms with Crippen molar-refractivity contribution in [3.05, 3.63) is 30.1 Å². The summed E-state index contributed by atoms with van der Waals surface area (Å²) in [7, 11) is -3.33. The minimum Gasteiger partial charge on any atom is -0.301 e. The van der Waals surface area contributed by atoms with E-state index in [2.05, 4.69) is 5.32 Å². The third kappa shape index (κ3) is 2.03. The van der Waals surface area contributed by atoms with Gasteiger partial charge in [0.2, 0.25) is 0 Å². The van der Waals surface area contributed by atoms with Gasteiger partial charge >= 0.3 is 0 Å². The van der Waals surface area contributed by atoms with Gasteiger partial charge in [0.25, 0.3) is 0 Å². The van der Waals surface area contributed by atoms with E-state index in [1.54, 1.807) is 0 Å². The quantitative estimate of drug-likeness (QED) is 0.778. The van der Waals surface area contributed by atoms with Crippen LogP contribution in [0.1, 0.15) is 12.8 Å². The lowest BCUT2D eigenvalue weighted by molar-refractivity contribution is 0.571. The number of nitrogens with one attached hydrogen (secondary N) is 1. The highest BCUT2D eigenvalue weighted by molar-refractivity contribution is 7.92. The molecular weight excluding hydrogens is 217 g/mol. The number of sulfone groups is 1. The van der Waals surface area contributed by atoms with Gasteiger partial charge in [-0.2, -0.15) is 0 Å². The predicted molar refractivity (Wildman–Crippen MR) is 54.6 cm³/mol. The van der Waals surface area contributed by atoms with Gasteiger partial charge in [-0.15, -0.1) is 0 Å². The molecular formula is C10H12FNO2S. The van der Waals surface area contributed by atoms with Crippen molar-refractivity contribution in [2.75, 3.05) is 6.54 Å². The molecule has 3 nitrogen and oxygen atoms in total. The summed E-state index contributed by atoms with van der Waals surface area (Å²) in [5, 5.41) is 2.42. The fourth-order valence-electron chi connectivity index (χ4n) is 1.71. The third-order valence-electron chi connectivity index (χ3n) is 2.53. The molecule has 1 fully saturated rings. The lowest BCUT2D eigenvalue weighted by Crippen LogP contribution is -2.30. The Hall–Kier alpha value is -0.940. The molecule has 0 amide bonds. The van der Waals surface area contributed by atoms with Crippen molar-refractivity contribution in [3.8, 4) is 0 Å². The first-order valence-electron chi connectivity index (χ1n) is 4.83. The van der Waals surface area contributed by atoms with Crippen LogP contribution in [0, 0.1) is 5.82 Å². The number of halogens is 1. The van der Waals surface area contributed by atoms with E-state index in [0.29, 0.717) is 6.42 Å². The maximum absolute atomic E-state index is 12.6. The molecule has 1 aliphatic heterocycles. The second-order valence-electron chi connectivity index (χ2n) is 3.58. The Morgan fingerprint density at radius 3 is 2.47 bits per heavy atom. The molecule has 0 spiro atoms. The highest BCUT2D eigenvalue weighted by Crippen LogP contribution is 2.20. The average Bonchev–Trinajstić information content (AvgIpc) is 2.71. The van der Waals surface area contributed by atoms with Crippen molar-refractivity contribution < 1.29 is 12.8 Å². The molecule has 15 heavy (non-hydrogen) atoms. The first kappa shape index (κ1) is 10.6. The summed E-state index contributed by atoms with van der Waals surface area (Å²) in [5.74, 6) is -0.423. The van der Waals surface area contributed by atoms with E-state index in [1.165, 1.54) is 24.3 Å². The van der Waals surface area contributed by atoms with Gasteiger partial charge in [-0.3, -0.25) is 0 Å². The largest absolute Gasteiger partial charge is 0.301 e. The lowest BCUT2D eigenvalue weighted by atomic mass is 10.3. The van der Waals surface area contributed by atoms with E-state index < -0.39 is 21.0 Å². The minimum absolute atomic E-state index is 0.184. The minimum atomic E-state index is -3.33. The van der Waals surface area contributed by atoms with Crippen LogP contribution in [0.15, 0.2) is 29.2 Å². The van der Waals surface area contributed by atoms with Crippen LogP contribution in [0.2, 0.25) is 0 Å². The van der Waals surface area contributed by atoms with Gasteiger partial charge in [-0.25, -0.2) is 12.8 Å². The topological polar surface area (TPSA) is 46.2 Å². The van der Waals surface area contributed by atoms with Crippen molar-refractivity contribution in [2.45, 2.75) is 23.1 Å². The van der Waals surface area contributed by atoms with Crippen molar-refractivity contribution in [1.82, 2.24) is 5.32 Å². The van der Waals surface area contributed by atoms with Crippen LogP contribution >= 0.6 is 0 Å². The number of benzene rings is 1. The summed E-state index contributed by atoms with van der Waals surface area (Å²) >= 11 is 0. The Balaban J connectivity index is 2.32. The second-order valence-corrected chi connectivity index (χ2v) is 5.71. The molecule has 0 saturated carbocycles. The standard InChI is InChI=1S/C10H12FNO2S/c11-8-3-5-9(6-4-8)15(13,14)10-2-1-7-12-10/h3-6,10,12H,1-2,7H2. The molecule has 2 rings (SSSR count). The molecule has 0 aromatic heterocycles. The molecule has 1 atom stereocenters. The van der Waals surface area contributed by atoms with Crippen molar-refractivity contribution in [3.63, 3.8) is 0 Å². The maximum Gasteiger partial charge on any atom is 0.194 e. The molecule has 1 N–H and O–H groups in total. The van der Waals surface area contributed by atoms with Crippen LogP contribution in [-0.4, -0.2) is 20.3 Å². The number of hydrogen-bond acceptors (Lipinski definition) is 3. The molecule has 1 unspecified atom stereocenters. The van der Waals surface area contributed by atoms with E-state index in [-0.39, 0.29) is 4.90 Å². The summed E-state index contributed by atoms with van der Waals surface area (Å²) in [6.07, 6.45) is 1.49.